The zero-order valence-electron chi connectivity index (χ0n) is 7.42. The lowest BCUT2D eigenvalue weighted by atomic mass is 9.78. The van der Waals surface area contributed by atoms with Gasteiger partial charge >= 0.3 is 0 Å². The molecule has 1 aliphatic rings. The van der Waals surface area contributed by atoms with Gasteiger partial charge < -0.3 is 0 Å². The molecule has 0 N–H and O–H groups in total. The first-order valence-electron chi connectivity index (χ1n) is 4.18. The largest absolute Gasteiger partial charge is 0.299 e. The number of allylic oxidation sites excluding steroid dienone is 5. The van der Waals surface area contributed by atoms with Crippen LogP contribution in [0.3, 0.4) is 0 Å². The van der Waals surface area contributed by atoms with Gasteiger partial charge in [-0.1, -0.05) is 30.4 Å². The molecule has 1 rings (SSSR count). The fourth-order valence-electron chi connectivity index (χ4n) is 1.44. The van der Waals surface area contributed by atoms with E-state index in [0.29, 0.717) is 6.42 Å². The van der Waals surface area contributed by atoms with Crippen LogP contribution in [0.15, 0.2) is 37.0 Å². The normalized spacial score (nSPS) is 19.1. The Balaban J connectivity index is 2.92. The summed E-state index contributed by atoms with van der Waals surface area (Å²) in [7, 11) is 0. The summed E-state index contributed by atoms with van der Waals surface area (Å²) in [4.78, 5) is 11.4. The number of hydrogen-bond donors (Lipinski definition) is 0. The number of Topliss-reactive ketones (excluding diaryl/α,β-unsaturated/α-hetero) is 1. The third-order valence-corrected chi connectivity index (χ3v) is 2.24. The van der Waals surface area contributed by atoms with E-state index in [4.69, 9.17) is 0 Å². The van der Waals surface area contributed by atoms with Crippen LogP contribution >= 0.6 is 0 Å². The quantitative estimate of drug-likeness (QED) is 0.583. The lowest BCUT2D eigenvalue weighted by molar-refractivity contribution is -0.122. The average molecular weight is 162 g/mol. The summed E-state index contributed by atoms with van der Waals surface area (Å²) >= 11 is 0. The zero-order valence-corrected chi connectivity index (χ0v) is 7.42. The van der Waals surface area contributed by atoms with Gasteiger partial charge in [0.25, 0.3) is 0 Å². The van der Waals surface area contributed by atoms with Crippen LogP contribution in [-0.4, -0.2) is 5.78 Å². The Hall–Kier alpha value is -1.11. The van der Waals surface area contributed by atoms with Crippen LogP contribution < -0.4 is 0 Å². The molecule has 0 unspecified atom stereocenters. The number of hydrogen-bond acceptors (Lipinski definition) is 1. The number of rotatable bonds is 3. The minimum absolute atomic E-state index is 0.189. The molecule has 0 aromatic carbocycles. The molecule has 0 spiro atoms. The predicted octanol–water partition coefficient (Wildman–Crippen LogP) is 2.65. The maximum atomic E-state index is 11.4. The lowest BCUT2D eigenvalue weighted by Crippen LogP contribution is -2.24. The molecule has 64 valence electrons. The van der Waals surface area contributed by atoms with E-state index in [1.807, 2.05) is 24.3 Å². The fraction of sp³-hybridized carbons (Fsp3) is 0.364. The summed E-state index contributed by atoms with van der Waals surface area (Å²) in [6.07, 6.45) is 11.5. The van der Waals surface area contributed by atoms with Crippen LogP contribution in [0.4, 0.5) is 0 Å². The van der Waals surface area contributed by atoms with Crippen LogP contribution in [0.25, 0.3) is 0 Å². The number of carbonyl (C=O) groups is 1. The van der Waals surface area contributed by atoms with Gasteiger partial charge in [-0.2, -0.15) is 0 Å². The summed E-state index contributed by atoms with van der Waals surface area (Å²) in [6.45, 7) is 5.29. The minimum atomic E-state index is -0.389. The highest BCUT2D eigenvalue weighted by Crippen LogP contribution is 2.30. The first-order valence-corrected chi connectivity index (χ1v) is 4.18. The predicted molar refractivity (Wildman–Crippen MR) is 50.8 cm³/mol. The van der Waals surface area contributed by atoms with Crippen LogP contribution in [0.5, 0.6) is 0 Å². The van der Waals surface area contributed by atoms with E-state index in [9.17, 15) is 4.79 Å². The van der Waals surface area contributed by atoms with E-state index in [2.05, 4.69) is 6.58 Å². The van der Waals surface area contributed by atoms with Crippen molar-refractivity contribution in [1.29, 1.82) is 0 Å². The molecule has 0 radical (unpaired) electrons. The van der Waals surface area contributed by atoms with Gasteiger partial charge in [-0.3, -0.25) is 4.79 Å². The van der Waals surface area contributed by atoms with E-state index in [1.165, 1.54) is 0 Å². The van der Waals surface area contributed by atoms with Gasteiger partial charge in [-0.15, -0.1) is 6.58 Å². The van der Waals surface area contributed by atoms with E-state index in [1.54, 1.807) is 13.0 Å². The van der Waals surface area contributed by atoms with E-state index >= 15 is 0 Å². The van der Waals surface area contributed by atoms with Gasteiger partial charge in [-0.05, 0) is 19.8 Å². The highest BCUT2D eigenvalue weighted by Gasteiger charge is 2.28. The molecule has 0 aromatic heterocycles. The maximum absolute atomic E-state index is 11.4. The zero-order chi connectivity index (χ0) is 9.03. The standard InChI is InChI=1S/C11H14O/c1-3-7-11(10(2)12)8-5-4-6-9-11/h3,5-6,8-9H,1,4,7H2,2H3. The molecule has 1 aliphatic carbocycles. The average Bonchev–Trinajstić information content (AvgIpc) is 2.06. The maximum Gasteiger partial charge on any atom is 0.143 e. The van der Waals surface area contributed by atoms with Crippen LogP contribution in [0, 0.1) is 5.41 Å². The molecule has 0 heterocycles. The van der Waals surface area contributed by atoms with Crippen molar-refractivity contribution in [2.45, 2.75) is 19.8 Å². The summed E-state index contributed by atoms with van der Waals surface area (Å²) in [5.41, 5.74) is -0.389. The van der Waals surface area contributed by atoms with Gasteiger partial charge in [0.05, 0.1) is 5.41 Å². The Morgan fingerprint density at radius 3 is 2.58 bits per heavy atom. The molecule has 0 aromatic rings. The third kappa shape index (κ3) is 1.55. The Kier molecular flexibility index (Phi) is 2.64. The molecule has 0 fully saturated rings. The molecule has 1 heteroatoms. The Morgan fingerprint density at radius 2 is 2.17 bits per heavy atom. The highest BCUT2D eigenvalue weighted by atomic mass is 16.1. The molecule has 0 aliphatic heterocycles. The third-order valence-electron chi connectivity index (χ3n) is 2.24. The van der Waals surface area contributed by atoms with Gasteiger partial charge in [-0.25, -0.2) is 0 Å². The summed E-state index contributed by atoms with van der Waals surface area (Å²) < 4.78 is 0. The molecule has 0 atom stereocenters. The fourth-order valence-corrected chi connectivity index (χ4v) is 1.44. The summed E-state index contributed by atoms with van der Waals surface area (Å²) in [5, 5.41) is 0. The van der Waals surface area contributed by atoms with Crippen LogP contribution in [-0.2, 0) is 4.79 Å². The first kappa shape index (κ1) is 8.98. The lowest BCUT2D eigenvalue weighted by Gasteiger charge is -2.24. The van der Waals surface area contributed by atoms with Crippen molar-refractivity contribution in [2.24, 2.45) is 5.41 Å². The molecule has 0 amide bonds. The van der Waals surface area contributed by atoms with Crippen molar-refractivity contribution in [3.8, 4) is 0 Å². The molecule has 1 nitrogen and oxygen atoms in total. The second kappa shape index (κ2) is 3.53. The van der Waals surface area contributed by atoms with E-state index in [0.717, 1.165) is 6.42 Å². The van der Waals surface area contributed by atoms with E-state index in [-0.39, 0.29) is 11.2 Å². The Morgan fingerprint density at radius 1 is 1.58 bits per heavy atom. The molecule has 12 heavy (non-hydrogen) atoms. The molecule has 0 bridgehead atoms. The van der Waals surface area contributed by atoms with Gasteiger partial charge in [0, 0.05) is 0 Å². The summed E-state index contributed by atoms with van der Waals surface area (Å²) in [5.74, 6) is 0.189. The van der Waals surface area contributed by atoms with Crippen molar-refractivity contribution in [1.82, 2.24) is 0 Å². The molecular formula is C11H14O. The SMILES string of the molecule is C=CCC1(C(C)=O)C=CCC=C1. The van der Waals surface area contributed by atoms with Gasteiger partial charge in [0.1, 0.15) is 5.78 Å². The second-order valence-electron chi connectivity index (χ2n) is 3.13. The smallest absolute Gasteiger partial charge is 0.143 e. The van der Waals surface area contributed by atoms with Crippen molar-refractivity contribution in [2.75, 3.05) is 0 Å². The number of ketones is 1. The highest BCUT2D eigenvalue weighted by molar-refractivity contribution is 5.87. The van der Waals surface area contributed by atoms with Gasteiger partial charge in [0.15, 0.2) is 0 Å². The Labute approximate surface area is 73.5 Å². The van der Waals surface area contributed by atoms with Crippen molar-refractivity contribution in [3.05, 3.63) is 37.0 Å². The first-order chi connectivity index (χ1) is 5.71. The topological polar surface area (TPSA) is 17.1 Å². The molecule has 0 saturated heterocycles. The molecule has 0 saturated carbocycles. The number of carbonyl (C=O) groups excluding carboxylic acids is 1. The van der Waals surface area contributed by atoms with Crippen molar-refractivity contribution < 1.29 is 4.79 Å². The van der Waals surface area contributed by atoms with Crippen LogP contribution in [0.2, 0.25) is 0 Å². The van der Waals surface area contributed by atoms with Crippen molar-refractivity contribution >= 4 is 5.78 Å². The van der Waals surface area contributed by atoms with Gasteiger partial charge in [0.2, 0.25) is 0 Å². The molecular weight excluding hydrogens is 148 g/mol. The monoisotopic (exact) mass is 162 g/mol. The minimum Gasteiger partial charge on any atom is -0.299 e. The summed E-state index contributed by atoms with van der Waals surface area (Å²) in [6, 6.07) is 0. The van der Waals surface area contributed by atoms with Crippen molar-refractivity contribution in [3.63, 3.8) is 0 Å². The van der Waals surface area contributed by atoms with Crippen LogP contribution in [0.1, 0.15) is 19.8 Å². The Bertz CT molecular complexity index is 234. The second-order valence-corrected chi connectivity index (χ2v) is 3.13. The van der Waals surface area contributed by atoms with E-state index < -0.39 is 0 Å².